The zero-order valence-corrected chi connectivity index (χ0v) is 6.88. The Labute approximate surface area is 67.9 Å². The van der Waals surface area contributed by atoms with Gasteiger partial charge in [-0.25, -0.2) is 0 Å². The summed E-state index contributed by atoms with van der Waals surface area (Å²) in [5.41, 5.74) is 1.13. The Bertz CT molecular complexity index is 154. The average molecular weight is 153 g/mol. The molecule has 1 aliphatic rings. The van der Waals surface area contributed by atoms with E-state index < -0.39 is 0 Å². The fourth-order valence-electron chi connectivity index (χ4n) is 1.44. The van der Waals surface area contributed by atoms with E-state index in [2.05, 4.69) is 11.5 Å². The lowest BCUT2D eigenvalue weighted by Gasteiger charge is -2.21. The maximum Gasteiger partial charge on any atom is 0.139 e. The summed E-state index contributed by atoms with van der Waals surface area (Å²) in [5, 5.41) is 0. The Hall–Kier alpha value is -0.790. The maximum atomic E-state index is 10.2. The van der Waals surface area contributed by atoms with Crippen LogP contribution in [0.4, 0.5) is 0 Å². The molecule has 1 heterocycles. The maximum absolute atomic E-state index is 10.2. The second-order valence-electron chi connectivity index (χ2n) is 2.99. The second kappa shape index (κ2) is 4.16. The number of carbonyl (C=O) groups excluding carboxylic acids is 1. The van der Waals surface area contributed by atoms with Crippen molar-refractivity contribution in [1.29, 1.82) is 0 Å². The molecule has 0 atom stereocenters. The van der Waals surface area contributed by atoms with E-state index in [0.717, 1.165) is 24.9 Å². The highest BCUT2D eigenvalue weighted by atomic mass is 16.1. The number of likely N-dealkylation sites (tertiary alicyclic amines) is 1. The first-order valence-electron chi connectivity index (χ1n) is 4.21. The van der Waals surface area contributed by atoms with Crippen LogP contribution in [0.2, 0.25) is 0 Å². The van der Waals surface area contributed by atoms with Crippen molar-refractivity contribution in [2.75, 3.05) is 13.1 Å². The summed E-state index contributed by atoms with van der Waals surface area (Å²) in [7, 11) is 0. The van der Waals surface area contributed by atoms with Crippen LogP contribution in [0.25, 0.3) is 0 Å². The Morgan fingerprint density at radius 2 is 2.27 bits per heavy atom. The lowest BCUT2D eigenvalue weighted by molar-refractivity contribution is -0.108. The molecule has 0 amide bonds. The summed E-state index contributed by atoms with van der Waals surface area (Å²) in [5.74, 6) is 0. The Kier molecular flexibility index (Phi) is 3.14. The number of hydrogen-bond acceptors (Lipinski definition) is 2. The summed E-state index contributed by atoms with van der Waals surface area (Å²) < 4.78 is 0. The Morgan fingerprint density at radius 3 is 3.00 bits per heavy atom. The molecule has 1 fully saturated rings. The molecular weight excluding hydrogens is 138 g/mol. The standard InChI is InChI=1S/C9H15NO/c1-9-5-3-2-4-6-10(9)7-8-11/h8H,1-7H2. The highest BCUT2D eigenvalue weighted by molar-refractivity contribution is 5.52. The number of aldehydes is 1. The number of rotatable bonds is 2. The topological polar surface area (TPSA) is 20.3 Å². The van der Waals surface area contributed by atoms with E-state index in [1.54, 1.807) is 0 Å². The van der Waals surface area contributed by atoms with Crippen molar-refractivity contribution in [3.8, 4) is 0 Å². The number of carbonyl (C=O) groups is 1. The van der Waals surface area contributed by atoms with E-state index in [4.69, 9.17) is 0 Å². The third kappa shape index (κ3) is 2.37. The minimum absolute atomic E-state index is 0.527. The van der Waals surface area contributed by atoms with E-state index in [9.17, 15) is 4.79 Å². The summed E-state index contributed by atoms with van der Waals surface area (Å²) in [6, 6.07) is 0. The summed E-state index contributed by atoms with van der Waals surface area (Å²) in [6.45, 7) is 5.48. The zero-order chi connectivity index (χ0) is 8.10. The molecule has 0 spiro atoms. The zero-order valence-electron chi connectivity index (χ0n) is 6.88. The van der Waals surface area contributed by atoms with Crippen LogP contribution < -0.4 is 0 Å². The smallest absolute Gasteiger partial charge is 0.139 e. The highest BCUT2D eigenvalue weighted by Gasteiger charge is 2.09. The van der Waals surface area contributed by atoms with Gasteiger partial charge in [-0.15, -0.1) is 0 Å². The largest absolute Gasteiger partial charge is 0.368 e. The molecule has 0 aromatic rings. The van der Waals surface area contributed by atoms with Crippen LogP contribution >= 0.6 is 0 Å². The normalized spacial score (nSPS) is 19.6. The van der Waals surface area contributed by atoms with Gasteiger partial charge in [-0.3, -0.25) is 0 Å². The molecule has 0 unspecified atom stereocenters. The number of nitrogens with zero attached hydrogens (tertiary/aromatic N) is 1. The van der Waals surface area contributed by atoms with Gasteiger partial charge < -0.3 is 9.69 Å². The molecule has 0 aliphatic carbocycles. The summed E-state index contributed by atoms with van der Waals surface area (Å²) in [6.07, 6.45) is 5.72. The van der Waals surface area contributed by atoms with E-state index in [-0.39, 0.29) is 0 Å². The van der Waals surface area contributed by atoms with Gasteiger partial charge in [0.05, 0.1) is 6.54 Å². The van der Waals surface area contributed by atoms with E-state index >= 15 is 0 Å². The summed E-state index contributed by atoms with van der Waals surface area (Å²) >= 11 is 0. The Balaban J connectivity index is 2.45. The first-order valence-corrected chi connectivity index (χ1v) is 4.21. The van der Waals surface area contributed by atoms with Gasteiger partial charge >= 0.3 is 0 Å². The fraction of sp³-hybridized carbons (Fsp3) is 0.667. The second-order valence-corrected chi connectivity index (χ2v) is 2.99. The molecule has 2 heteroatoms. The van der Waals surface area contributed by atoms with Gasteiger partial charge in [0.25, 0.3) is 0 Å². The van der Waals surface area contributed by atoms with Crippen molar-refractivity contribution in [2.45, 2.75) is 25.7 Å². The average Bonchev–Trinajstić information content (AvgIpc) is 2.18. The fourth-order valence-corrected chi connectivity index (χ4v) is 1.44. The lowest BCUT2D eigenvalue weighted by atomic mass is 10.2. The van der Waals surface area contributed by atoms with Crippen molar-refractivity contribution in [1.82, 2.24) is 4.90 Å². The van der Waals surface area contributed by atoms with Crippen LogP contribution in [-0.4, -0.2) is 24.3 Å². The third-order valence-electron chi connectivity index (χ3n) is 2.14. The number of allylic oxidation sites excluding steroid dienone is 1. The van der Waals surface area contributed by atoms with Crippen molar-refractivity contribution < 1.29 is 4.79 Å². The van der Waals surface area contributed by atoms with Gasteiger partial charge in [-0.1, -0.05) is 13.0 Å². The van der Waals surface area contributed by atoms with E-state index in [1.165, 1.54) is 19.3 Å². The molecule has 0 N–H and O–H groups in total. The molecule has 0 aromatic heterocycles. The predicted octanol–water partition coefficient (Wildman–Crippen LogP) is 1.58. The SMILES string of the molecule is C=C1CCCCCN1CC=O. The van der Waals surface area contributed by atoms with Crippen LogP contribution in [-0.2, 0) is 4.79 Å². The molecule has 1 rings (SSSR count). The molecule has 11 heavy (non-hydrogen) atoms. The molecule has 0 radical (unpaired) electrons. The van der Waals surface area contributed by atoms with Gasteiger partial charge in [0.15, 0.2) is 0 Å². The molecule has 0 aromatic carbocycles. The molecular formula is C9H15NO. The quantitative estimate of drug-likeness (QED) is 0.561. The van der Waals surface area contributed by atoms with Crippen molar-refractivity contribution in [3.63, 3.8) is 0 Å². The molecule has 1 saturated heterocycles. The third-order valence-corrected chi connectivity index (χ3v) is 2.14. The monoisotopic (exact) mass is 153 g/mol. The first kappa shape index (κ1) is 8.31. The minimum atomic E-state index is 0.527. The van der Waals surface area contributed by atoms with Gasteiger partial charge in [0, 0.05) is 12.2 Å². The van der Waals surface area contributed by atoms with Crippen molar-refractivity contribution in [2.24, 2.45) is 0 Å². The van der Waals surface area contributed by atoms with Crippen molar-refractivity contribution in [3.05, 3.63) is 12.3 Å². The van der Waals surface area contributed by atoms with E-state index in [1.807, 2.05) is 0 Å². The van der Waals surface area contributed by atoms with Gasteiger partial charge in [-0.05, 0) is 19.3 Å². The predicted molar refractivity (Wildman–Crippen MR) is 45.2 cm³/mol. The Morgan fingerprint density at radius 1 is 1.45 bits per heavy atom. The molecule has 62 valence electrons. The van der Waals surface area contributed by atoms with Gasteiger partial charge in [-0.2, -0.15) is 0 Å². The molecule has 2 nitrogen and oxygen atoms in total. The van der Waals surface area contributed by atoms with Gasteiger partial charge in [0.2, 0.25) is 0 Å². The lowest BCUT2D eigenvalue weighted by Crippen LogP contribution is -2.24. The van der Waals surface area contributed by atoms with Crippen molar-refractivity contribution >= 4 is 6.29 Å². The molecule has 0 saturated carbocycles. The first-order chi connectivity index (χ1) is 5.34. The van der Waals surface area contributed by atoms with Crippen LogP contribution in [0.1, 0.15) is 25.7 Å². The van der Waals surface area contributed by atoms with Crippen LogP contribution in [0.3, 0.4) is 0 Å². The van der Waals surface area contributed by atoms with Crippen LogP contribution in [0, 0.1) is 0 Å². The van der Waals surface area contributed by atoms with Gasteiger partial charge in [0.1, 0.15) is 6.29 Å². The minimum Gasteiger partial charge on any atom is -0.368 e. The van der Waals surface area contributed by atoms with E-state index in [0.29, 0.717) is 6.54 Å². The summed E-state index contributed by atoms with van der Waals surface area (Å²) in [4.78, 5) is 12.3. The van der Waals surface area contributed by atoms with Crippen LogP contribution in [0.5, 0.6) is 0 Å². The number of hydrogen-bond donors (Lipinski definition) is 0. The molecule has 1 aliphatic heterocycles. The van der Waals surface area contributed by atoms with Crippen LogP contribution in [0.15, 0.2) is 12.3 Å². The highest BCUT2D eigenvalue weighted by Crippen LogP contribution is 2.16. The molecule has 0 bridgehead atoms.